The van der Waals surface area contributed by atoms with Crippen molar-refractivity contribution >= 4 is 17.4 Å². The lowest BCUT2D eigenvalue weighted by atomic mass is 9.48. The Bertz CT molecular complexity index is 906. The summed E-state index contributed by atoms with van der Waals surface area (Å²) in [6, 6.07) is 7.18. The lowest BCUT2D eigenvalue weighted by Crippen LogP contribution is -2.60. The van der Waals surface area contributed by atoms with Crippen LogP contribution in [0.2, 0.25) is 0 Å². The second-order valence-corrected chi connectivity index (χ2v) is 10.4. The van der Waals surface area contributed by atoms with Gasteiger partial charge in [0.15, 0.2) is 5.78 Å². The highest BCUT2D eigenvalue weighted by Gasteiger charge is 2.58. The molecule has 0 radical (unpaired) electrons. The molecule has 1 amide bonds. The van der Waals surface area contributed by atoms with Gasteiger partial charge in [-0.3, -0.25) is 9.59 Å². The summed E-state index contributed by atoms with van der Waals surface area (Å²) in [6.07, 6.45) is 10.8. The van der Waals surface area contributed by atoms with E-state index in [9.17, 15) is 9.59 Å². The predicted octanol–water partition coefficient (Wildman–Crippen LogP) is 4.51. The number of para-hydroxylation sites is 1. The van der Waals surface area contributed by atoms with Gasteiger partial charge in [-0.25, -0.2) is 0 Å². The minimum Gasteiger partial charge on any atom is -0.398 e. The van der Waals surface area contributed by atoms with E-state index >= 15 is 0 Å². The van der Waals surface area contributed by atoms with Crippen LogP contribution in [0.15, 0.2) is 35.9 Å². The highest BCUT2D eigenvalue weighted by atomic mass is 16.2. The standard InChI is InChI=1S/C25H32N2O2/c1-24-12-5-7-18(24)15-9-10-21-25(2,19(15)11-13-24)14-17(23(29)27-21)22(28)16-6-3-4-8-20(16)26/h3-4,6,8,14-15,18-19,21H,5,7,9-13,26H2,1-2H3,(H,27,29)/t15-,18-,19-,21+,24-,25+/m0/s1. The average Bonchev–Trinajstić information content (AvgIpc) is 3.10. The zero-order chi connectivity index (χ0) is 20.4. The highest BCUT2D eigenvalue weighted by molar-refractivity contribution is 6.27. The number of anilines is 1. The van der Waals surface area contributed by atoms with Crippen LogP contribution in [0.25, 0.3) is 0 Å². The zero-order valence-corrected chi connectivity index (χ0v) is 17.5. The van der Waals surface area contributed by atoms with Crippen molar-refractivity contribution in [3.8, 4) is 0 Å². The van der Waals surface area contributed by atoms with Crippen molar-refractivity contribution in [3.63, 3.8) is 0 Å². The summed E-state index contributed by atoms with van der Waals surface area (Å²) < 4.78 is 0. The first kappa shape index (κ1) is 18.9. The molecule has 3 fully saturated rings. The molecule has 3 aliphatic carbocycles. The quantitative estimate of drug-likeness (QED) is 0.442. The van der Waals surface area contributed by atoms with Gasteiger partial charge in [0.05, 0.1) is 5.57 Å². The van der Waals surface area contributed by atoms with Crippen molar-refractivity contribution in [2.75, 3.05) is 5.73 Å². The number of carbonyl (C=O) groups excluding carboxylic acids is 2. The van der Waals surface area contributed by atoms with Gasteiger partial charge in [0.1, 0.15) is 0 Å². The number of carbonyl (C=O) groups is 2. The maximum Gasteiger partial charge on any atom is 0.255 e. The van der Waals surface area contributed by atoms with Crippen LogP contribution in [-0.2, 0) is 4.79 Å². The number of fused-ring (bicyclic) bond motifs is 5. The monoisotopic (exact) mass is 392 g/mol. The van der Waals surface area contributed by atoms with Crippen LogP contribution in [0.4, 0.5) is 5.69 Å². The number of nitrogens with one attached hydrogen (secondary N) is 1. The van der Waals surface area contributed by atoms with E-state index in [4.69, 9.17) is 5.73 Å². The van der Waals surface area contributed by atoms with Crippen LogP contribution in [0.3, 0.4) is 0 Å². The topological polar surface area (TPSA) is 72.2 Å². The Labute approximate surface area is 173 Å². The molecule has 3 saturated carbocycles. The van der Waals surface area contributed by atoms with E-state index in [2.05, 4.69) is 19.2 Å². The third-order valence-electron chi connectivity index (χ3n) is 9.01. The van der Waals surface area contributed by atoms with Crippen molar-refractivity contribution in [2.45, 2.75) is 64.8 Å². The number of hydrogen-bond donors (Lipinski definition) is 2. The van der Waals surface area contributed by atoms with Gasteiger partial charge in [-0.1, -0.05) is 38.5 Å². The van der Waals surface area contributed by atoms with E-state index in [-0.39, 0.29) is 28.7 Å². The van der Waals surface area contributed by atoms with Crippen molar-refractivity contribution in [3.05, 3.63) is 41.5 Å². The Morgan fingerprint density at radius 1 is 1.07 bits per heavy atom. The summed E-state index contributed by atoms with van der Waals surface area (Å²) >= 11 is 0. The fourth-order valence-electron chi connectivity index (χ4n) is 7.45. The number of nitrogens with two attached hydrogens (primary N) is 1. The predicted molar refractivity (Wildman–Crippen MR) is 114 cm³/mol. The van der Waals surface area contributed by atoms with E-state index in [1.165, 1.54) is 38.5 Å². The van der Waals surface area contributed by atoms with Gasteiger partial charge in [-0.2, -0.15) is 0 Å². The zero-order valence-electron chi connectivity index (χ0n) is 17.5. The molecule has 6 atom stereocenters. The molecule has 0 saturated heterocycles. The molecule has 154 valence electrons. The second kappa shape index (κ2) is 6.45. The molecule has 1 aromatic carbocycles. The van der Waals surface area contributed by atoms with Gasteiger partial charge in [-0.05, 0) is 73.8 Å². The van der Waals surface area contributed by atoms with E-state index in [1.807, 2.05) is 12.1 Å². The number of nitrogen functional groups attached to an aromatic ring is 1. The number of benzene rings is 1. The van der Waals surface area contributed by atoms with Crippen LogP contribution < -0.4 is 11.1 Å². The molecular formula is C25H32N2O2. The highest BCUT2D eigenvalue weighted by Crippen LogP contribution is 2.63. The lowest BCUT2D eigenvalue weighted by Gasteiger charge is -2.58. The molecule has 29 heavy (non-hydrogen) atoms. The number of rotatable bonds is 2. The van der Waals surface area contributed by atoms with E-state index in [1.54, 1.807) is 18.2 Å². The largest absolute Gasteiger partial charge is 0.398 e. The molecule has 0 aromatic heterocycles. The molecule has 0 bridgehead atoms. The first-order chi connectivity index (χ1) is 13.8. The van der Waals surface area contributed by atoms with Crippen LogP contribution >= 0.6 is 0 Å². The maximum absolute atomic E-state index is 13.2. The normalized spacial score (nSPS) is 40.9. The molecule has 3 N–H and O–H groups in total. The number of hydrogen-bond acceptors (Lipinski definition) is 3. The molecular weight excluding hydrogens is 360 g/mol. The summed E-state index contributed by atoms with van der Waals surface area (Å²) in [5.74, 6) is 1.56. The first-order valence-electron chi connectivity index (χ1n) is 11.3. The van der Waals surface area contributed by atoms with Crippen LogP contribution in [0, 0.1) is 28.6 Å². The molecule has 1 heterocycles. The number of amides is 1. The van der Waals surface area contributed by atoms with Crippen molar-refractivity contribution in [1.29, 1.82) is 0 Å². The van der Waals surface area contributed by atoms with Crippen LogP contribution in [0.1, 0.15) is 69.2 Å². The Balaban J connectivity index is 1.53. The summed E-state index contributed by atoms with van der Waals surface area (Å²) in [6.45, 7) is 4.79. The molecule has 0 unspecified atom stereocenters. The summed E-state index contributed by atoms with van der Waals surface area (Å²) in [5.41, 5.74) is 7.52. The van der Waals surface area contributed by atoms with E-state index in [0.717, 1.165) is 12.3 Å². The lowest BCUT2D eigenvalue weighted by molar-refractivity contribution is -0.122. The Hall–Kier alpha value is -2.10. The minimum absolute atomic E-state index is 0.131. The van der Waals surface area contributed by atoms with E-state index < -0.39 is 0 Å². The molecule has 4 aliphatic rings. The van der Waals surface area contributed by atoms with Gasteiger partial charge < -0.3 is 11.1 Å². The van der Waals surface area contributed by atoms with Gasteiger partial charge >= 0.3 is 0 Å². The fraction of sp³-hybridized carbons (Fsp3) is 0.600. The molecule has 0 spiro atoms. The minimum atomic E-state index is -0.246. The Morgan fingerprint density at radius 3 is 2.66 bits per heavy atom. The summed E-state index contributed by atoms with van der Waals surface area (Å²) in [7, 11) is 0. The first-order valence-corrected chi connectivity index (χ1v) is 11.3. The smallest absolute Gasteiger partial charge is 0.255 e. The Morgan fingerprint density at radius 2 is 1.86 bits per heavy atom. The third kappa shape index (κ3) is 2.71. The SMILES string of the molecule is C[C@@]12CCC[C@H]1[C@@H]1CC[C@H]3NC(=O)C(C(=O)c4ccccc4N)=C[C@]3(C)[C@H]1CC2. The molecule has 4 nitrogen and oxygen atoms in total. The number of ketones is 1. The molecule has 1 aliphatic heterocycles. The van der Waals surface area contributed by atoms with E-state index in [0.29, 0.717) is 28.5 Å². The third-order valence-corrected chi connectivity index (χ3v) is 9.01. The van der Waals surface area contributed by atoms with Crippen LogP contribution in [-0.4, -0.2) is 17.7 Å². The van der Waals surface area contributed by atoms with Crippen molar-refractivity contribution < 1.29 is 9.59 Å². The van der Waals surface area contributed by atoms with Gasteiger partial charge in [0, 0.05) is 22.7 Å². The van der Waals surface area contributed by atoms with Crippen molar-refractivity contribution in [1.82, 2.24) is 5.32 Å². The van der Waals surface area contributed by atoms with Gasteiger partial charge in [-0.15, -0.1) is 0 Å². The second-order valence-electron chi connectivity index (χ2n) is 10.4. The van der Waals surface area contributed by atoms with Gasteiger partial charge in [0.2, 0.25) is 0 Å². The molecule has 4 heteroatoms. The molecule has 1 aromatic rings. The maximum atomic E-state index is 13.2. The van der Waals surface area contributed by atoms with Gasteiger partial charge in [0.25, 0.3) is 5.91 Å². The molecule has 5 rings (SSSR count). The summed E-state index contributed by atoms with van der Waals surface area (Å²) in [5, 5.41) is 3.21. The number of Topliss-reactive ketones (excluding diaryl/α,β-unsaturated/α-hetero) is 1. The van der Waals surface area contributed by atoms with Crippen LogP contribution in [0.5, 0.6) is 0 Å². The Kier molecular flexibility index (Phi) is 4.20. The summed E-state index contributed by atoms with van der Waals surface area (Å²) in [4.78, 5) is 26.1. The fourth-order valence-corrected chi connectivity index (χ4v) is 7.45. The van der Waals surface area contributed by atoms with Crippen molar-refractivity contribution in [2.24, 2.45) is 28.6 Å². The average molecular weight is 393 g/mol.